The Labute approximate surface area is 115 Å². The second-order valence-electron chi connectivity index (χ2n) is 5.08. The molecular weight excluding hydrogens is 240 g/mol. The number of carboxylic acids is 1. The summed E-state index contributed by atoms with van der Waals surface area (Å²) in [4.78, 5) is 10.7. The van der Waals surface area contributed by atoms with E-state index in [1.807, 2.05) is 19.1 Å². The zero-order valence-corrected chi connectivity index (χ0v) is 12.1. The summed E-state index contributed by atoms with van der Waals surface area (Å²) in [6.45, 7) is 6.96. The van der Waals surface area contributed by atoms with Crippen molar-refractivity contribution in [1.29, 1.82) is 0 Å². The minimum Gasteiger partial charge on any atom is -0.493 e. The first-order chi connectivity index (χ1) is 9.04. The summed E-state index contributed by atoms with van der Waals surface area (Å²) in [5.74, 6) is 0.359. The average Bonchev–Trinajstić information content (AvgIpc) is 2.37. The van der Waals surface area contributed by atoms with Crippen molar-refractivity contribution >= 4 is 5.97 Å². The number of carbonyl (C=O) groups is 1. The van der Waals surface area contributed by atoms with Gasteiger partial charge in [-0.3, -0.25) is 4.79 Å². The molecule has 19 heavy (non-hydrogen) atoms. The molecule has 0 amide bonds. The molecule has 0 bridgehead atoms. The number of benzene rings is 1. The van der Waals surface area contributed by atoms with Gasteiger partial charge >= 0.3 is 5.97 Å². The van der Waals surface area contributed by atoms with E-state index in [1.54, 1.807) is 0 Å². The molecule has 0 saturated carbocycles. The molecule has 0 heterocycles. The fraction of sp³-hybridized carbons (Fsp3) is 0.562. The summed E-state index contributed by atoms with van der Waals surface area (Å²) in [7, 11) is 0. The van der Waals surface area contributed by atoms with E-state index >= 15 is 0 Å². The van der Waals surface area contributed by atoms with Crippen LogP contribution in [0.15, 0.2) is 18.2 Å². The van der Waals surface area contributed by atoms with E-state index in [2.05, 4.69) is 19.9 Å². The van der Waals surface area contributed by atoms with Gasteiger partial charge in [0.15, 0.2) is 0 Å². The van der Waals surface area contributed by atoms with Crippen LogP contribution in [0.5, 0.6) is 5.75 Å². The van der Waals surface area contributed by atoms with Gasteiger partial charge in [-0.05, 0) is 37.3 Å². The van der Waals surface area contributed by atoms with Crippen molar-refractivity contribution < 1.29 is 14.6 Å². The van der Waals surface area contributed by atoms with Crippen molar-refractivity contribution in [3.05, 3.63) is 29.3 Å². The van der Waals surface area contributed by atoms with Crippen LogP contribution in [0, 0.1) is 6.92 Å². The smallest absolute Gasteiger partial charge is 0.303 e. The topological polar surface area (TPSA) is 46.5 Å². The molecule has 0 radical (unpaired) electrons. The van der Waals surface area contributed by atoms with Gasteiger partial charge in [0.25, 0.3) is 0 Å². The number of hydrogen-bond acceptors (Lipinski definition) is 2. The lowest BCUT2D eigenvalue weighted by atomic mass is 9.94. The van der Waals surface area contributed by atoms with Gasteiger partial charge in [-0.2, -0.15) is 0 Å². The molecule has 0 aromatic heterocycles. The van der Waals surface area contributed by atoms with Crippen LogP contribution in [0.25, 0.3) is 0 Å². The molecule has 1 atom stereocenters. The zero-order valence-electron chi connectivity index (χ0n) is 12.1. The summed E-state index contributed by atoms with van der Waals surface area (Å²) in [5.41, 5.74) is 2.30. The maximum absolute atomic E-state index is 10.7. The van der Waals surface area contributed by atoms with Crippen LogP contribution in [-0.2, 0) is 4.79 Å². The van der Waals surface area contributed by atoms with Crippen LogP contribution >= 0.6 is 0 Å². The van der Waals surface area contributed by atoms with Gasteiger partial charge in [-0.25, -0.2) is 0 Å². The van der Waals surface area contributed by atoms with Crippen LogP contribution in [0.1, 0.15) is 56.6 Å². The van der Waals surface area contributed by atoms with Crippen LogP contribution < -0.4 is 4.74 Å². The number of aliphatic carboxylic acids is 1. The Bertz CT molecular complexity index is 412. The van der Waals surface area contributed by atoms with Crippen molar-refractivity contribution in [1.82, 2.24) is 0 Å². The number of aryl methyl sites for hydroxylation is 1. The summed E-state index contributed by atoms with van der Waals surface area (Å²) in [5, 5.41) is 8.78. The van der Waals surface area contributed by atoms with Gasteiger partial charge in [0, 0.05) is 6.42 Å². The standard InChI is InChI=1S/C16H24O3/c1-4-5-10-19-15-8-6-12(2)11-14(15)13(3)7-9-16(17)18/h6,8,11,13H,4-5,7,9-10H2,1-3H3,(H,17,18). The van der Waals surface area contributed by atoms with Gasteiger partial charge in [0.1, 0.15) is 5.75 Å². The Balaban J connectivity index is 2.77. The first kappa shape index (κ1) is 15.5. The van der Waals surface area contributed by atoms with Crippen LogP contribution in [0.3, 0.4) is 0 Å². The maximum Gasteiger partial charge on any atom is 0.303 e. The van der Waals surface area contributed by atoms with E-state index in [9.17, 15) is 4.79 Å². The fourth-order valence-corrected chi connectivity index (χ4v) is 2.01. The molecule has 3 nitrogen and oxygen atoms in total. The molecule has 0 aliphatic rings. The fourth-order valence-electron chi connectivity index (χ4n) is 2.01. The molecule has 1 unspecified atom stereocenters. The molecule has 0 spiro atoms. The molecule has 106 valence electrons. The van der Waals surface area contributed by atoms with Crippen LogP contribution in [-0.4, -0.2) is 17.7 Å². The Morgan fingerprint density at radius 1 is 1.42 bits per heavy atom. The highest BCUT2D eigenvalue weighted by Gasteiger charge is 2.13. The molecule has 1 aromatic carbocycles. The summed E-state index contributed by atoms with van der Waals surface area (Å²) < 4.78 is 5.81. The molecule has 1 N–H and O–H groups in total. The Hall–Kier alpha value is -1.51. The average molecular weight is 264 g/mol. The normalized spacial score (nSPS) is 12.2. The first-order valence-corrected chi connectivity index (χ1v) is 6.99. The lowest BCUT2D eigenvalue weighted by Crippen LogP contribution is -2.05. The highest BCUT2D eigenvalue weighted by atomic mass is 16.5. The Kier molecular flexibility index (Phi) is 6.40. The Morgan fingerprint density at radius 3 is 2.79 bits per heavy atom. The van der Waals surface area contributed by atoms with Crippen LogP contribution in [0.4, 0.5) is 0 Å². The van der Waals surface area contributed by atoms with Gasteiger partial charge in [0.05, 0.1) is 6.61 Å². The van der Waals surface area contributed by atoms with Crippen molar-refractivity contribution in [2.45, 2.75) is 52.4 Å². The predicted octanol–water partition coefficient (Wildman–Crippen LogP) is 4.14. The summed E-state index contributed by atoms with van der Waals surface area (Å²) in [6.07, 6.45) is 2.99. The maximum atomic E-state index is 10.7. The third-order valence-corrected chi connectivity index (χ3v) is 3.24. The predicted molar refractivity (Wildman–Crippen MR) is 76.9 cm³/mol. The summed E-state index contributed by atoms with van der Waals surface area (Å²) in [6, 6.07) is 6.14. The molecule has 1 rings (SSSR count). The van der Waals surface area contributed by atoms with Crippen molar-refractivity contribution in [3.8, 4) is 5.75 Å². The first-order valence-electron chi connectivity index (χ1n) is 6.99. The minimum atomic E-state index is -0.743. The van der Waals surface area contributed by atoms with E-state index in [0.29, 0.717) is 6.42 Å². The second kappa shape index (κ2) is 7.82. The lowest BCUT2D eigenvalue weighted by Gasteiger charge is -2.17. The summed E-state index contributed by atoms with van der Waals surface area (Å²) >= 11 is 0. The second-order valence-corrected chi connectivity index (χ2v) is 5.08. The molecule has 0 aliphatic heterocycles. The molecule has 1 aromatic rings. The molecular formula is C16H24O3. The van der Waals surface area contributed by atoms with Gasteiger partial charge < -0.3 is 9.84 Å². The monoisotopic (exact) mass is 264 g/mol. The van der Waals surface area contributed by atoms with Gasteiger partial charge in [-0.15, -0.1) is 0 Å². The van der Waals surface area contributed by atoms with Crippen LogP contribution in [0.2, 0.25) is 0 Å². The molecule has 0 aliphatic carbocycles. The van der Waals surface area contributed by atoms with E-state index in [0.717, 1.165) is 30.8 Å². The number of hydrogen-bond donors (Lipinski definition) is 1. The molecule has 0 fully saturated rings. The van der Waals surface area contributed by atoms with E-state index < -0.39 is 5.97 Å². The largest absolute Gasteiger partial charge is 0.493 e. The SMILES string of the molecule is CCCCOc1ccc(C)cc1C(C)CCC(=O)O. The van der Waals surface area contributed by atoms with E-state index in [4.69, 9.17) is 9.84 Å². The number of unbranched alkanes of at least 4 members (excludes halogenated alkanes) is 1. The van der Waals surface area contributed by atoms with E-state index in [-0.39, 0.29) is 12.3 Å². The number of rotatable bonds is 8. The quantitative estimate of drug-likeness (QED) is 0.718. The third-order valence-electron chi connectivity index (χ3n) is 3.24. The van der Waals surface area contributed by atoms with Gasteiger partial charge in [0.2, 0.25) is 0 Å². The van der Waals surface area contributed by atoms with Crippen molar-refractivity contribution in [2.75, 3.05) is 6.61 Å². The molecule has 3 heteroatoms. The zero-order chi connectivity index (χ0) is 14.3. The lowest BCUT2D eigenvalue weighted by molar-refractivity contribution is -0.137. The minimum absolute atomic E-state index is 0.198. The van der Waals surface area contributed by atoms with Crippen molar-refractivity contribution in [2.24, 2.45) is 0 Å². The van der Waals surface area contributed by atoms with E-state index in [1.165, 1.54) is 5.56 Å². The van der Waals surface area contributed by atoms with Crippen molar-refractivity contribution in [3.63, 3.8) is 0 Å². The highest BCUT2D eigenvalue weighted by Crippen LogP contribution is 2.30. The number of carboxylic acid groups (broad SMARTS) is 1. The molecule has 0 saturated heterocycles. The number of ether oxygens (including phenoxy) is 1. The van der Waals surface area contributed by atoms with Gasteiger partial charge in [-0.1, -0.05) is 38.0 Å². The highest BCUT2D eigenvalue weighted by molar-refractivity contribution is 5.66. The Morgan fingerprint density at radius 2 is 2.16 bits per heavy atom. The third kappa shape index (κ3) is 5.33.